The first-order valence-electron chi connectivity index (χ1n) is 6.13. The Labute approximate surface area is 126 Å². The van der Waals surface area contributed by atoms with E-state index in [1.165, 1.54) is 16.2 Å². The lowest BCUT2D eigenvalue weighted by atomic mass is 10.0. The molecular weight excluding hydrogens is 300 g/mol. The summed E-state index contributed by atoms with van der Waals surface area (Å²) in [6, 6.07) is 2.94. The second-order valence-corrected chi connectivity index (χ2v) is 5.42. The van der Waals surface area contributed by atoms with Crippen LogP contribution in [0.15, 0.2) is 28.8 Å². The van der Waals surface area contributed by atoms with Crippen molar-refractivity contribution in [2.24, 2.45) is 0 Å². The molecule has 1 aromatic rings. The van der Waals surface area contributed by atoms with Gasteiger partial charge in [-0.05, 0) is 18.4 Å². The molecule has 1 atom stereocenters. The molecule has 0 saturated carbocycles. The third-order valence-electron chi connectivity index (χ3n) is 3.03. The summed E-state index contributed by atoms with van der Waals surface area (Å²) in [5.74, 6) is -0.381. The number of alkyl halides is 1. The molecule has 0 fully saturated rings. The van der Waals surface area contributed by atoms with Gasteiger partial charge in [-0.2, -0.15) is 0 Å². The second-order valence-electron chi connectivity index (χ2n) is 4.17. The number of nitrogens with one attached hydrogen (secondary N) is 1. The number of halogens is 1. The molecule has 0 radical (unpaired) electrons. The van der Waals surface area contributed by atoms with Crippen LogP contribution in [0.4, 0.5) is 4.79 Å². The van der Waals surface area contributed by atoms with Crippen LogP contribution in [-0.2, 0) is 9.53 Å². The third kappa shape index (κ3) is 2.66. The molecule has 7 heteroatoms. The van der Waals surface area contributed by atoms with Crippen LogP contribution in [0, 0.1) is 0 Å². The molecule has 0 bridgehead atoms. The van der Waals surface area contributed by atoms with Gasteiger partial charge in [0.2, 0.25) is 0 Å². The molecule has 2 heterocycles. The maximum absolute atomic E-state index is 12.2. The summed E-state index contributed by atoms with van der Waals surface area (Å²) in [6.07, 6.45) is 0. The van der Waals surface area contributed by atoms with Gasteiger partial charge >= 0.3 is 12.0 Å². The number of hydrogen-bond acceptors (Lipinski definition) is 4. The van der Waals surface area contributed by atoms with Crippen LogP contribution in [0.2, 0.25) is 0 Å². The van der Waals surface area contributed by atoms with E-state index in [0.717, 1.165) is 4.88 Å². The highest BCUT2D eigenvalue weighted by Crippen LogP contribution is 2.33. The molecule has 1 aliphatic rings. The maximum Gasteiger partial charge on any atom is 0.338 e. The molecule has 1 aromatic heterocycles. The van der Waals surface area contributed by atoms with Crippen LogP contribution in [0.3, 0.4) is 0 Å². The Balaban J connectivity index is 2.51. The minimum Gasteiger partial charge on any atom is -0.463 e. The summed E-state index contributed by atoms with van der Waals surface area (Å²) in [6.45, 7) is 2.01. The smallest absolute Gasteiger partial charge is 0.338 e. The quantitative estimate of drug-likeness (QED) is 0.686. The Morgan fingerprint density at radius 2 is 2.35 bits per heavy atom. The van der Waals surface area contributed by atoms with Crippen molar-refractivity contribution in [2.45, 2.75) is 13.0 Å². The number of nitrogens with zero attached hydrogens (tertiary/aromatic N) is 1. The van der Waals surface area contributed by atoms with Gasteiger partial charge in [0.1, 0.15) is 0 Å². The molecule has 0 aromatic carbocycles. The van der Waals surface area contributed by atoms with Crippen molar-refractivity contribution in [3.8, 4) is 0 Å². The summed E-state index contributed by atoms with van der Waals surface area (Å²) in [4.78, 5) is 26.4. The van der Waals surface area contributed by atoms with Gasteiger partial charge in [-0.3, -0.25) is 4.90 Å². The summed E-state index contributed by atoms with van der Waals surface area (Å²) in [7, 11) is 1.58. The van der Waals surface area contributed by atoms with E-state index in [9.17, 15) is 9.59 Å². The first kappa shape index (κ1) is 14.9. The van der Waals surface area contributed by atoms with Crippen molar-refractivity contribution < 1.29 is 14.3 Å². The largest absolute Gasteiger partial charge is 0.463 e. The van der Waals surface area contributed by atoms with E-state index in [0.29, 0.717) is 11.3 Å². The number of thiophene rings is 1. The molecule has 1 N–H and O–H groups in total. The number of amides is 2. The highest BCUT2D eigenvalue weighted by atomic mass is 35.5. The lowest BCUT2D eigenvalue weighted by Gasteiger charge is -2.33. The van der Waals surface area contributed by atoms with E-state index < -0.39 is 12.0 Å². The highest BCUT2D eigenvalue weighted by molar-refractivity contribution is 7.10. The molecule has 2 amide bonds. The molecule has 0 saturated heterocycles. The predicted octanol–water partition coefficient (Wildman–Crippen LogP) is 2.50. The Morgan fingerprint density at radius 1 is 1.60 bits per heavy atom. The van der Waals surface area contributed by atoms with E-state index in [4.69, 9.17) is 16.3 Å². The molecule has 108 valence electrons. The number of urea groups is 1. The number of hydrogen-bond donors (Lipinski definition) is 1. The molecule has 20 heavy (non-hydrogen) atoms. The minimum absolute atomic E-state index is 0.0694. The summed E-state index contributed by atoms with van der Waals surface area (Å²) in [5.41, 5.74) is 0.874. The minimum atomic E-state index is -0.508. The number of carbonyl (C=O) groups is 2. The number of rotatable bonds is 4. The van der Waals surface area contributed by atoms with Crippen LogP contribution in [-0.4, -0.2) is 36.4 Å². The summed E-state index contributed by atoms with van der Waals surface area (Å²) < 4.78 is 5.10. The Kier molecular flexibility index (Phi) is 4.67. The van der Waals surface area contributed by atoms with Gasteiger partial charge in [-0.15, -0.1) is 22.9 Å². The van der Waals surface area contributed by atoms with E-state index in [1.807, 2.05) is 17.5 Å². The van der Waals surface area contributed by atoms with Gasteiger partial charge < -0.3 is 10.1 Å². The molecule has 1 aliphatic heterocycles. The monoisotopic (exact) mass is 314 g/mol. The van der Waals surface area contributed by atoms with E-state index in [2.05, 4.69) is 5.32 Å². The summed E-state index contributed by atoms with van der Waals surface area (Å²) >= 11 is 7.39. The molecule has 5 nitrogen and oxygen atoms in total. The normalized spacial score (nSPS) is 19.1. The van der Waals surface area contributed by atoms with Gasteiger partial charge in [0.15, 0.2) is 0 Å². The zero-order chi connectivity index (χ0) is 14.7. The fraction of sp³-hybridized carbons (Fsp3) is 0.385. The van der Waals surface area contributed by atoms with Crippen LogP contribution in [0.25, 0.3) is 0 Å². The predicted molar refractivity (Wildman–Crippen MR) is 77.7 cm³/mol. The van der Waals surface area contributed by atoms with Crippen molar-refractivity contribution in [3.05, 3.63) is 33.7 Å². The fourth-order valence-corrected chi connectivity index (χ4v) is 3.14. The fourth-order valence-electron chi connectivity index (χ4n) is 2.04. The van der Waals surface area contributed by atoms with Crippen molar-refractivity contribution in [2.75, 3.05) is 19.5 Å². The number of carbonyl (C=O) groups excluding carboxylic acids is 2. The number of allylic oxidation sites excluding steroid dienone is 1. The van der Waals surface area contributed by atoms with Crippen molar-refractivity contribution >= 4 is 34.9 Å². The lowest BCUT2D eigenvalue weighted by molar-refractivity contribution is -0.139. The van der Waals surface area contributed by atoms with Crippen molar-refractivity contribution in [1.29, 1.82) is 0 Å². The van der Waals surface area contributed by atoms with Gasteiger partial charge in [-0.25, -0.2) is 9.59 Å². The summed E-state index contributed by atoms with van der Waals surface area (Å²) in [5, 5.41) is 4.69. The second kappa shape index (κ2) is 6.28. The number of esters is 1. The van der Waals surface area contributed by atoms with Crippen molar-refractivity contribution in [1.82, 2.24) is 10.2 Å². The molecular formula is C13H15ClN2O3S. The Morgan fingerprint density at radius 3 is 2.90 bits per heavy atom. The average molecular weight is 315 g/mol. The van der Waals surface area contributed by atoms with E-state index >= 15 is 0 Å². The SMILES string of the molecule is CCOC(=O)C1=C(CCl)N(C)C(=O)NC1c1cccs1. The first-order valence-corrected chi connectivity index (χ1v) is 7.55. The molecule has 1 unspecified atom stereocenters. The highest BCUT2D eigenvalue weighted by Gasteiger charge is 2.36. The Bertz CT molecular complexity index is 542. The van der Waals surface area contributed by atoms with Crippen LogP contribution >= 0.6 is 22.9 Å². The van der Waals surface area contributed by atoms with Crippen molar-refractivity contribution in [3.63, 3.8) is 0 Å². The zero-order valence-corrected chi connectivity index (χ0v) is 12.8. The van der Waals surface area contributed by atoms with Crippen LogP contribution in [0.5, 0.6) is 0 Å². The average Bonchev–Trinajstić information content (AvgIpc) is 2.95. The van der Waals surface area contributed by atoms with E-state index in [-0.39, 0.29) is 18.5 Å². The van der Waals surface area contributed by atoms with Gasteiger partial charge in [0.05, 0.1) is 24.1 Å². The van der Waals surface area contributed by atoms with Crippen LogP contribution < -0.4 is 5.32 Å². The molecule has 2 rings (SSSR count). The van der Waals surface area contributed by atoms with E-state index in [1.54, 1.807) is 14.0 Å². The molecule has 0 aliphatic carbocycles. The van der Waals surface area contributed by atoms with Gasteiger partial charge in [0, 0.05) is 17.6 Å². The topological polar surface area (TPSA) is 58.6 Å². The maximum atomic E-state index is 12.2. The van der Waals surface area contributed by atoms with Gasteiger partial charge in [-0.1, -0.05) is 6.07 Å². The standard InChI is InChI=1S/C13H15ClN2O3S/c1-3-19-12(17)10-8(7-14)16(2)13(18)15-11(10)9-5-4-6-20-9/h4-6,11H,3,7H2,1-2H3,(H,15,18). The van der Waals surface area contributed by atoms with Gasteiger partial charge in [0.25, 0.3) is 0 Å². The Hall–Kier alpha value is -1.53. The molecule has 0 spiro atoms. The zero-order valence-electron chi connectivity index (χ0n) is 11.2. The first-order chi connectivity index (χ1) is 9.60. The number of ether oxygens (including phenoxy) is 1. The lowest BCUT2D eigenvalue weighted by Crippen LogP contribution is -2.47. The third-order valence-corrected chi connectivity index (χ3v) is 4.22. The van der Waals surface area contributed by atoms with Crippen LogP contribution in [0.1, 0.15) is 17.8 Å².